The maximum absolute atomic E-state index is 6.14. The topological polar surface area (TPSA) is 18.5 Å². The minimum Gasteiger partial charge on any atom is -0.495 e. The van der Waals surface area contributed by atoms with Crippen LogP contribution in [-0.4, -0.2) is 19.8 Å². The molecule has 0 amide bonds. The Bertz CT molecular complexity index is 397. The van der Waals surface area contributed by atoms with Gasteiger partial charge in [0, 0.05) is 17.4 Å². The normalized spacial score (nSPS) is 25.9. The highest BCUT2D eigenvalue weighted by atomic mass is 79.9. The number of halogens is 2. The second kappa shape index (κ2) is 5.59. The highest BCUT2D eigenvalue weighted by Gasteiger charge is 2.31. The molecule has 0 aliphatic carbocycles. The van der Waals surface area contributed by atoms with Crippen LogP contribution in [0.3, 0.4) is 0 Å². The quantitative estimate of drug-likeness (QED) is 0.777. The molecule has 2 nitrogen and oxygen atoms in total. The standard InChI is InChI=1S/C13H16BrClO2/c1-8-10(5-6-17-8)13(14)9-3-4-12(16-2)11(15)7-9/h3-4,7-8,10,13H,5-6H2,1-2H3. The lowest BCUT2D eigenvalue weighted by Crippen LogP contribution is -2.16. The first kappa shape index (κ1) is 13.2. The molecule has 0 aromatic heterocycles. The van der Waals surface area contributed by atoms with E-state index in [0.29, 0.717) is 22.8 Å². The Kier molecular flexibility index (Phi) is 4.34. The Morgan fingerprint density at radius 3 is 2.82 bits per heavy atom. The van der Waals surface area contributed by atoms with Gasteiger partial charge in [-0.25, -0.2) is 0 Å². The maximum Gasteiger partial charge on any atom is 0.137 e. The van der Waals surface area contributed by atoms with Gasteiger partial charge in [-0.15, -0.1) is 0 Å². The van der Waals surface area contributed by atoms with E-state index in [1.165, 1.54) is 5.56 Å². The van der Waals surface area contributed by atoms with E-state index in [1.807, 2.05) is 12.1 Å². The summed E-state index contributed by atoms with van der Waals surface area (Å²) in [5, 5.41) is 0.654. The molecule has 3 unspecified atom stereocenters. The molecule has 4 heteroatoms. The third-order valence-corrected chi connectivity index (χ3v) is 4.81. The molecule has 0 bridgehead atoms. The van der Waals surface area contributed by atoms with E-state index >= 15 is 0 Å². The summed E-state index contributed by atoms with van der Waals surface area (Å²) in [4.78, 5) is 0.281. The van der Waals surface area contributed by atoms with Crippen molar-refractivity contribution in [1.82, 2.24) is 0 Å². The third-order valence-electron chi connectivity index (χ3n) is 3.31. The van der Waals surface area contributed by atoms with Crippen molar-refractivity contribution in [3.63, 3.8) is 0 Å². The zero-order valence-electron chi connectivity index (χ0n) is 9.95. The number of hydrogen-bond donors (Lipinski definition) is 0. The zero-order valence-corrected chi connectivity index (χ0v) is 12.3. The average molecular weight is 320 g/mol. The molecule has 1 aromatic rings. The molecular weight excluding hydrogens is 303 g/mol. The van der Waals surface area contributed by atoms with Gasteiger partial charge in [-0.05, 0) is 31.0 Å². The van der Waals surface area contributed by atoms with E-state index in [4.69, 9.17) is 21.1 Å². The summed E-state index contributed by atoms with van der Waals surface area (Å²) in [5.74, 6) is 1.21. The van der Waals surface area contributed by atoms with Crippen LogP contribution in [0.2, 0.25) is 5.02 Å². The average Bonchev–Trinajstić information content (AvgIpc) is 2.74. The highest BCUT2D eigenvalue weighted by molar-refractivity contribution is 9.09. The van der Waals surface area contributed by atoms with E-state index in [1.54, 1.807) is 7.11 Å². The lowest BCUT2D eigenvalue weighted by Gasteiger charge is -2.21. The van der Waals surface area contributed by atoms with Crippen molar-refractivity contribution in [3.8, 4) is 5.75 Å². The SMILES string of the molecule is COc1ccc(C(Br)C2CCOC2C)cc1Cl. The van der Waals surface area contributed by atoms with Gasteiger partial charge in [0.25, 0.3) is 0 Å². The van der Waals surface area contributed by atoms with Crippen molar-refractivity contribution in [2.45, 2.75) is 24.3 Å². The Balaban J connectivity index is 2.19. The molecule has 2 rings (SSSR count). The molecule has 1 heterocycles. The molecule has 3 atom stereocenters. The van der Waals surface area contributed by atoms with Gasteiger partial charge in [-0.3, -0.25) is 0 Å². The van der Waals surface area contributed by atoms with Gasteiger partial charge < -0.3 is 9.47 Å². The van der Waals surface area contributed by atoms with Crippen LogP contribution in [0, 0.1) is 5.92 Å². The summed E-state index contributed by atoms with van der Waals surface area (Å²) >= 11 is 9.89. The van der Waals surface area contributed by atoms with Crippen LogP contribution in [0.1, 0.15) is 23.7 Å². The number of methoxy groups -OCH3 is 1. The molecule has 0 spiro atoms. The summed E-state index contributed by atoms with van der Waals surface area (Å²) < 4.78 is 10.7. The van der Waals surface area contributed by atoms with Gasteiger partial charge in [0.1, 0.15) is 5.75 Å². The molecular formula is C13H16BrClO2. The van der Waals surface area contributed by atoms with Crippen molar-refractivity contribution < 1.29 is 9.47 Å². The number of rotatable bonds is 3. The molecule has 0 radical (unpaired) electrons. The lowest BCUT2D eigenvalue weighted by molar-refractivity contribution is 0.105. The summed E-state index contributed by atoms with van der Waals surface area (Å²) in [6, 6.07) is 5.92. The summed E-state index contributed by atoms with van der Waals surface area (Å²) in [6.07, 6.45) is 1.38. The predicted octanol–water partition coefficient (Wildman–Crippen LogP) is 4.21. The van der Waals surface area contributed by atoms with Crippen LogP contribution in [0.5, 0.6) is 5.75 Å². The maximum atomic E-state index is 6.14. The van der Waals surface area contributed by atoms with Crippen LogP contribution in [-0.2, 0) is 4.74 Å². The fraction of sp³-hybridized carbons (Fsp3) is 0.538. The summed E-state index contributed by atoms with van der Waals surface area (Å²) in [5.41, 5.74) is 1.18. The first-order chi connectivity index (χ1) is 8.13. The first-order valence-electron chi connectivity index (χ1n) is 5.72. The van der Waals surface area contributed by atoms with E-state index in [-0.39, 0.29) is 4.83 Å². The Labute approximate surface area is 115 Å². The van der Waals surface area contributed by atoms with Crippen molar-refractivity contribution in [2.75, 3.05) is 13.7 Å². The molecule has 17 heavy (non-hydrogen) atoms. The zero-order chi connectivity index (χ0) is 12.4. The van der Waals surface area contributed by atoms with E-state index in [0.717, 1.165) is 13.0 Å². The van der Waals surface area contributed by atoms with Crippen LogP contribution in [0.4, 0.5) is 0 Å². The second-order valence-corrected chi connectivity index (χ2v) is 5.72. The number of hydrogen-bond acceptors (Lipinski definition) is 2. The van der Waals surface area contributed by atoms with Crippen LogP contribution in [0.25, 0.3) is 0 Å². The minimum absolute atomic E-state index is 0.281. The highest BCUT2D eigenvalue weighted by Crippen LogP contribution is 2.41. The predicted molar refractivity (Wildman–Crippen MR) is 73.2 cm³/mol. The number of benzene rings is 1. The molecule has 1 aromatic carbocycles. The summed E-state index contributed by atoms with van der Waals surface area (Å²) in [7, 11) is 1.62. The smallest absolute Gasteiger partial charge is 0.137 e. The van der Waals surface area contributed by atoms with E-state index in [9.17, 15) is 0 Å². The van der Waals surface area contributed by atoms with Gasteiger partial charge in [0.05, 0.1) is 18.2 Å². The van der Waals surface area contributed by atoms with Gasteiger partial charge in [0.15, 0.2) is 0 Å². The van der Waals surface area contributed by atoms with Crippen molar-refractivity contribution in [2.24, 2.45) is 5.92 Å². The Morgan fingerprint density at radius 2 is 2.29 bits per heavy atom. The molecule has 1 aliphatic heterocycles. The monoisotopic (exact) mass is 318 g/mol. The third kappa shape index (κ3) is 2.78. The fourth-order valence-electron chi connectivity index (χ4n) is 2.23. The Hall–Kier alpha value is -0.250. The van der Waals surface area contributed by atoms with Crippen molar-refractivity contribution in [1.29, 1.82) is 0 Å². The molecule has 0 saturated carbocycles. The minimum atomic E-state index is 0.281. The van der Waals surface area contributed by atoms with Crippen LogP contribution >= 0.6 is 27.5 Å². The largest absolute Gasteiger partial charge is 0.495 e. The van der Waals surface area contributed by atoms with E-state index < -0.39 is 0 Å². The van der Waals surface area contributed by atoms with E-state index in [2.05, 4.69) is 28.9 Å². The summed E-state index contributed by atoms with van der Waals surface area (Å²) in [6.45, 7) is 2.97. The van der Waals surface area contributed by atoms with Crippen LogP contribution < -0.4 is 4.74 Å². The number of ether oxygens (including phenoxy) is 2. The van der Waals surface area contributed by atoms with Gasteiger partial charge >= 0.3 is 0 Å². The Morgan fingerprint density at radius 1 is 1.53 bits per heavy atom. The van der Waals surface area contributed by atoms with Crippen molar-refractivity contribution in [3.05, 3.63) is 28.8 Å². The molecule has 94 valence electrons. The second-order valence-electron chi connectivity index (χ2n) is 4.32. The molecule has 0 N–H and O–H groups in total. The molecule has 1 saturated heterocycles. The molecule has 1 aliphatic rings. The number of alkyl halides is 1. The van der Waals surface area contributed by atoms with Crippen molar-refractivity contribution >= 4 is 27.5 Å². The molecule has 1 fully saturated rings. The van der Waals surface area contributed by atoms with Gasteiger partial charge in [0.2, 0.25) is 0 Å². The van der Waals surface area contributed by atoms with Crippen LogP contribution in [0.15, 0.2) is 18.2 Å². The first-order valence-corrected chi connectivity index (χ1v) is 7.02. The van der Waals surface area contributed by atoms with Gasteiger partial charge in [-0.2, -0.15) is 0 Å². The fourth-order valence-corrected chi connectivity index (χ4v) is 3.48. The lowest BCUT2D eigenvalue weighted by atomic mass is 9.94. The van der Waals surface area contributed by atoms with Gasteiger partial charge in [-0.1, -0.05) is 33.6 Å².